The average molecular weight is 269 g/mol. The minimum absolute atomic E-state index is 0.0967. The minimum atomic E-state index is -1.05. The van der Waals surface area contributed by atoms with Crippen LogP contribution in [0.5, 0.6) is 5.75 Å². The van der Waals surface area contributed by atoms with Gasteiger partial charge in [0.2, 0.25) is 0 Å². The summed E-state index contributed by atoms with van der Waals surface area (Å²) in [6.45, 7) is 1.74. The number of aromatic hydroxyl groups is 1. The van der Waals surface area contributed by atoms with Gasteiger partial charge in [0.25, 0.3) is 0 Å². The Morgan fingerprint density at radius 1 is 1.25 bits per heavy atom. The monoisotopic (exact) mass is 269 g/mol. The largest absolute Gasteiger partial charge is 0.508 e. The molecule has 1 aromatic carbocycles. The van der Waals surface area contributed by atoms with Crippen molar-refractivity contribution < 1.29 is 15.0 Å². The number of benzene rings is 1. The Hall–Kier alpha value is -2.89. The van der Waals surface area contributed by atoms with Crippen molar-refractivity contribution in [3.63, 3.8) is 0 Å². The molecule has 6 heteroatoms. The number of H-pyrrole nitrogens is 1. The van der Waals surface area contributed by atoms with E-state index in [0.29, 0.717) is 28.2 Å². The second-order valence-electron chi connectivity index (χ2n) is 4.43. The molecular formula is C14H11N3O3. The molecule has 20 heavy (non-hydrogen) atoms. The van der Waals surface area contributed by atoms with Gasteiger partial charge in [-0.05, 0) is 25.1 Å². The molecule has 6 nitrogen and oxygen atoms in total. The fourth-order valence-electron chi connectivity index (χ4n) is 2.09. The quantitative estimate of drug-likeness (QED) is 0.663. The number of carbonyl (C=O) groups is 1. The lowest BCUT2D eigenvalue weighted by atomic mass is 10.1. The molecule has 0 spiro atoms. The number of rotatable bonds is 2. The van der Waals surface area contributed by atoms with Gasteiger partial charge in [0, 0.05) is 5.56 Å². The van der Waals surface area contributed by atoms with Crippen molar-refractivity contribution >= 4 is 17.1 Å². The van der Waals surface area contributed by atoms with Crippen LogP contribution in [-0.4, -0.2) is 31.1 Å². The number of fused-ring (bicyclic) bond motifs is 1. The number of hydrogen-bond donors (Lipinski definition) is 3. The number of aromatic nitrogens is 3. The van der Waals surface area contributed by atoms with Gasteiger partial charge < -0.3 is 15.2 Å². The van der Waals surface area contributed by atoms with E-state index in [1.54, 1.807) is 25.1 Å². The van der Waals surface area contributed by atoms with E-state index in [2.05, 4.69) is 15.0 Å². The van der Waals surface area contributed by atoms with Crippen molar-refractivity contribution in [2.75, 3.05) is 0 Å². The summed E-state index contributed by atoms with van der Waals surface area (Å²) in [4.78, 5) is 22.8. The van der Waals surface area contributed by atoms with Crippen LogP contribution in [0.15, 0.2) is 30.3 Å². The summed E-state index contributed by atoms with van der Waals surface area (Å²) >= 11 is 0. The molecule has 0 aliphatic heterocycles. The number of phenolic OH excluding ortho intramolecular Hbond substituents is 1. The molecule has 0 aliphatic carbocycles. The van der Waals surface area contributed by atoms with E-state index >= 15 is 0 Å². The van der Waals surface area contributed by atoms with Crippen LogP contribution in [0.1, 0.15) is 16.2 Å². The molecule has 3 aromatic rings. The van der Waals surface area contributed by atoms with Crippen molar-refractivity contribution in [1.82, 2.24) is 15.0 Å². The zero-order chi connectivity index (χ0) is 14.3. The lowest BCUT2D eigenvalue weighted by molar-refractivity contribution is 0.0699. The smallest absolute Gasteiger partial charge is 0.338 e. The van der Waals surface area contributed by atoms with E-state index in [1.165, 1.54) is 12.1 Å². The maximum Gasteiger partial charge on any atom is 0.338 e. The highest BCUT2D eigenvalue weighted by molar-refractivity contribution is 6.01. The number of phenols is 1. The SMILES string of the molecule is Cc1nc2nc(-c3cccc(O)c3)cc(C(=O)O)c2[nH]1. The van der Waals surface area contributed by atoms with Gasteiger partial charge in [0.1, 0.15) is 11.6 Å². The Morgan fingerprint density at radius 3 is 2.75 bits per heavy atom. The molecule has 3 N–H and O–H groups in total. The molecule has 0 saturated heterocycles. The molecule has 0 saturated carbocycles. The van der Waals surface area contributed by atoms with Crippen LogP contribution >= 0.6 is 0 Å². The third-order valence-electron chi connectivity index (χ3n) is 2.95. The van der Waals surface area contributed by atoms with Gasteiger partial charge in [0.05, 0.1) is 16.8 Å². The number of nitrogens with zero attached hydrogens (tertiary/aromatic N) is 2. The van der Waals surface area contributed by atoms with Crippen LogP contribution in [0.2, 0.25) is 0 Å². The van der Waals surface area contributed by atoms with Crippen LogP contribution in [0.3, 0.4) is 0 Å². The second-order valence-corrected chi connectivity index (χ2v) is 4.43. The molecular weight excluding hydrogens is 258 g/mol. The summed E-state index contributed by atoms with van der Waals surface area (Å²) in [6, 6.07) is 7.96. The van der Waals surface area contributed by atoms with Gasteiger partial charge in [-0.25, -0.2) is 14.8 Å². The number of aryl methyl sites for hydroxylation is 1. The van der Waals surface area contributed by atoms with Crippen LogP contribution in [0.4, 0.5) is 0 Å². The fourth-order valence-corrected chi connectivity index (χ4v) is 2.09. The zero-order valence-electron chi connectivity index (χ0n) is 10.6. The molecule has 0 fully saturated rings. The molecule has 0 bridgehead atoms. The average Bonchev–Trinajstić information content (AvgIpc) is 2.77. The molecule has 0 amide bonds. The molecule has 0 unspecified atom stereocenters. The zero-order valence-corrected chi connectivity index (χ0v) is 10.6. The predicted octanol–water partition coefficient (Wildman–Crippen LogP) is 2.34. The summed E-state index contributed by atoms with van der Waals surface area (Å²) in [5, 5.41) is 18.8. The summed E-state index contributed by atoms with van der Waals surface area (Å²) in [5.74, 6) is -0.356. The van der Waals surface area contributed by atoms with E-state index in [-0.39, 0.29) is 11.3 Å². The van der Waals surface area contributed by atoms with Gasteiger partial charge in [-0.1, -0.05) is 12.1 Å². The number of hydrogen-bond acceptors (Lipinski definition) is 4. The standard InChI is InChI=1S/C14H11N3O3/c1-7-15-12-10(14(19)20)6-11(17-13(12)16-7)8-3-2-4-9(18)5-8/h2-6,18H,1H3,(H,19,20)(H,15,16,17). The van der Waals surface area contributed by atoms with Crippen molar-refractivity contribution in [2.24, 2.45) is 0 Å². The number of pyridine rings is 1. The summed E-state index contributed by atoms with van der Waals surface area (Å²) < 4.78 is 0. The van der Waals surface area contributed by atoms with E-state index in [4.69, 9.17) is 0 Å². The Labute approximate surface area is 113 Å². The summed E-state index contributed by atoms with van der Waals surface area (Å²) in [6.07, 6.45) is 0. The van der Waals surface area contributed by atoms with Gasteiger partial charge in [-0.2, -0.15) is 0 Å². The molecule has 3 rings (SSSR count). The Balaban J connectivity index is 2.29. The van der Waals surface area contributed by atoms with Gasteiger partial charge >= 0.3 is 5.97 Å². The number of carboxylic acid groups (broad SMARTS) is 1. The third kappa shape index (κ3) is 1.97. The van der Waals surface area contributed by atoms with Crippen LogP contribution < -0.4 is 0 Å². The number of aromatic carboxylic acids is 1. The summed E-state index contributed by atoms with van der Waals surface area (Å²) in [7, 11) is 0. The van der Waals surface area contributed by atoms with Crippen LogP contribution in [-0.2, 0) is 0 Å². The molecule has 0 aliphatic rings. The maximum absolute atomic E-state index is 11.3. The molecule has 100 valence electrons. The van der Waals surface area contributed by atoms with E-state index in [1.807, 2.05) is 0 Å². The first kappa shape index (κ1) is 12.2. The normalized spacial score (nSPS) is 10.8. The predicted molar refractivity (Wildman–Crippen MR) is 72.7 cm³/mol. The highest BCUT2D eigenvalue weighted by atomic mass is 16.4. The molecule has 2 heterocycles. The van der Waals surface area contributed by atoms with E-state index < -0.39 is 5.97 Å². The Bertz CT molecular complexity index is 824. The molecule has 2 aromatic heterocycles. The van der Waals surface area contributed by atoms with Gasteiger partial charge in [-0.3, -0.25) is 0 Å². The van der Waals surface area contributed by atoms with Crippen molar-refractivity contribution in [2.45, 2.75) is 6.92 Å². The van der Waals surface area contributed by atoms with Crippen LogP contribution in [0, 0.1) is 6.92 Å². The first-order valence-corrected chi connectivity index (χ1v) is 5.94. The number of carboxylic acids is 1. The lowest BCUT2D eigenvalue weighted by Gasteiger charge is -2.04. The maximum atomic E-state index is 11.3. The Morgan fingerprint density at radius 2 is 2.05 bits per heavy atom. The van der Waals surface area contributed by atoms with E-state index in [9.17, 15) is 15.0 Å². The Kier molecular flexibility index (Phi) is 2.64. The highest BCUT2D eigenvalue weighted by Crippen LogP contribution is 2.25. The second kappa shape index (κ2) is 4.34. The first-order chi connectivity index (χ1) is 9.54. The topological polar surface area (TPSA) is 99.1 Å². The van der Waals surface area contributed by atoms with E-state index in [0.717, 1.165) is 0 Å². The third-order valence-corrected chi connectivity index (χ3v) is 2.95. The highest BCUT2D eigenvalue weighted by Gasteiger charge is 2.15. The molecule has 0 atom stereocenters. The van der Waals surface area contributed by atoms with Crippen molar-refractivity contribution in [3.05, 3.63) is 41.7 Å². The summed E-state index contributed by atoms with van der Waals surface area (Å²) in [5.41, 5.74) is 1.95. The van der Waals surface area contributed by atoms with Crippen molar-refractivity contribution in [1.29, 1.82) is 0 Å². The fraction of sp³-hybridized carbons (Fsp3) is 0.0714. The van der Waals surface area contributed by atoms with Gasteiger partial charge in [0.15, 0.2) is 5.65 Å². The molecule has 0 radical (unpaired) electrons. The van der Waals surface area contributed by atoms with Gasteiger partial charge in [-0.15, -0.1) is 0 Å². The van der Waals surface area contributed by atoms with Crippen LogP contribution in [0.25, 0.3) is 22.4 Å². The number of aromatic amines is 1. The first-order valence-electron chi connectivity index (χ1n) is 5.94. The number of imidazole rings is 1. The lowest BCUT2D eigenvalue weighted by Crippen LogP contribution is -2.00. The minimum Gasteiger partial charge on any atom is -0.508 e. The van der Waals surface area contributed by atoms with Crippen molar-refractivity contribution in [3.8, 4) is 17.0 Å². The number of nitrogens with one attached hydrogen (secondary N) is 1.